The van der Waals surface area contributed by atoms with Gasteiger partial charge in [0.25, 0.3) is 0 Å². The van der Waals surface area contributed by atoms with Crippen molar-refractivity contribution in [3.8, 4) is 0 Å². The van der Waals surface area contributed by atoms with Gasteiger partial charge in [0.15, 0.2) is 0 Å². The maximum Gasteiger partial charge on any atom is 0.222 e. The average Bonchev–Trinajstić information content (AvgIpc) is 2.44. The van der Waals surface area contributed by atoms with Gasteiger partial charge >= 0.3 is 0 Å². The summed E-state index contributed by atoms with van der Waals surface area (Å²) in [7, 11) is 3.81. The fraction of sp³-hybridized carbons (Fsp3) is 0.562. The van der Waals surface area contributed by atoms with E-state index in [1.54, 1.807) is 0 Å². The highest BCUT2D eigenvalue weighted by Crippen LogP contribution is 2.27. The van der Waals surface area contributed by atoms with Gasteiger partial charge in [0.05, 0.1) is 0 Å². The van der Waals surface area contributed by atoms with Crippen LogP contribution in [0.3, 0.4) is 0 Å². The van der Waals surface area contributed by atoms with E-state index in [9.17, 15) is 4.79 Å². The molecule has 19 heavy (non-hydrogen) atoms. The van der Waals surface area contributed by atoms with E-state index in [0.717, 1.165) is 32.4 Å². The van der Waals surface area contributed by atoms with Crippen LogP contribution in [0.2, 0.25) is 0 Å². The van der Waals surface area contributed by atoms with Crippen molar-refractivity contribution in [1.82, 2.24) is 10.2 Å². The minimum Gasteiger partial charge on any atom is -0.344 e. The Morgan fingerprint density at radius 2 is 2.11 bits per heavy atom. The predicted octanol–water partition coefficient (Wildman–Crippen LogP) is 1.86. The summed E-state index contributed by atoms with van der Waals surface area (Å²) < 4.78 is 0. The Hall–Kier alpha value is -1.35. The highest BCUT2D eigenvalue weighted by atomic mass is 16.2. The fourth-order valence-corrected chi connectivity index (χ4v) is 2.75. The van der Waals surface area contributed by atoms with Crippen LogP contribution in [-0.4, -0.2) is 38.0 Å². The number of amides is 1. The molecule has 0 radical (unpaired) electrons. The van der Waals surface area contributed by atoms with Crippen molar-refractivity contribution >= 4 is 5.91 Å². The van der Waals surface area contributed by atoms with Crippen molar-refractivity contribution in [1.29, 1.82) is 0 Å². The number of benzene rings is 1. The highest BCUT2D eigenvalue weighted by molar-refractivity contribution is 5.76. The number of likely N-dealkylation sites (N-methyl/N-ethyl adjacent to an activating group) is 2. The number of carbonyl (C=O) groups excluding carboxylic acids is 1. The zero-order chi connectivity index (χ0) is 13.7. The Morgan fingerprint density at radius 3 is 2.84 bits per heavy atom. The zero-order valence-corrected chi connectivity index (χ0v) is 12.0. The van der Waals surface area contributed by atoms with E-state index in [-0.39, 0.29) is 5.91 Å². The molecule has 0 bridgehead atoms. The number of nitrogens with one attached hydrogen (secondary N) is 1. The molecule has 0 saturated carbocycles. The molecule has 1 aromatic rings. The lowest BCUT2D eigenvalue weighted by molar-refractivity contribution is -0.130. The van der Waals surface area contributed by atoms with Crippen LogP contribution in [0.15, 0.2) is 24.3 Å². The minimum absolute atomic E-state index is 0.277. The summed E-state index contributed by atoms with van der Waals surface area (Å²) in [6.07, 6.45) is 4.01. The molecule has 0 fully saturated rings. The Morgan fingerprint density at radius 1 is 1.37 bits per heavy atom. The lowest BCUT2D eigenvalue weighted by atomic mass is 9.82. The van der Waals surface area contributed by atoms with Crippen LogP contribution in [0.1, 0.15) is 24.0 Å². The molecule has 3 nitrogen and oxygen atoms in total. The van der Waals surface area contributed by atoms with Gasteiger partial charge in [0, 0.05) is 26.6 Å². The van der Waals surface area contributed by atoms with Crippen LogP contribution in [0.5, 0.6) is 0 Å². The maximum atomic E-state index is 12.1. The Kier molecular flexibility index (Phi) is 4.97. The number of hydrogen-bond acceptors (Lipinski definition) is 2. The normalized spacial score (nSPS) is 17.9. The third-order valence-electron chi connectivity index (χ3n) is 4.04. The Labute approximate surface area is 116 Å². The smallest absolute Gasteiger partial charge is 0.222 e. The molecule has 3 heteroatoms. The van der Waals surface area contributed by atoms with E-state index >= 15 is 0 Å². The van der Waals surface area contributed by atoms with Gasteiger partial charge in [-0.1, -0.05) is 24.3 Å². The zero-order valence-electron chi connectivity index (χ0n) is 12.0. The molecule has 1 aliphatic rings. The summed E-state index contributed by atoms with van der Waals surface area (Å²) in [5.74, 6) is 0.791. The number of nitrogens with zero attached hydrogens (tertiary/aromatic N) is 1. The van der Waals surface area contributed by atoms with Gasteiger partial charge in [0.1, 0.15) is 0 Å². The van der Waals surface area contributed by atoms with Gasteiger partial charge in [0.2, 0.25) is 5.91 Å². The predicted molar refractivity (Wildman–Crippen MR) is 78.1 cm³/mol. The standard InChI is InChI=1S/C16H24N2O/c1-17-9-10-18(2)16(19)12-13-7-8-14-5-3-4-6-15(14)11-13/h3-6,13,17H,7-12H2,1-2H3. The molecule has 0 aromatic heterocycles. The number of rotatable bonds is 5. The van der Waals surface area contributed by atoms with E-state index in [2.05, 4.69) is 29.6 Å². The first kappa shape index (κ1) is 14.1. The van der Waals surface area contributed by atoms with Gasteiger partial charge in [-0.3, -0.25) is 4.79 Å². The third-order valence-corrected chi connectivity index (χ3v) is 4.04. The first-order chi connectivity index (χ1) is 9.20. The van der Waals surface area contributed by atoms with Gasteiger partial charge in [-0.05, 0) is 43.4 Å². The summed E-state index contributed by atoms with van der Waals surface area (Å²) in [4.78, 5) is 14.0. The summed E-state index contributed by atoms with van der Waals surface area (Å²) in [6.45, 7) is 1.65. The van der Waals surface area contributed by atoms with Crippen molar-refractivity contribution in [2.75, 3.05) is 27.2 Å². The summed E-state index contributed by atoms with van der Waals surface area (Å²) in [5, 5.41) is 3.08. The van der Waals surface area contributed by atoms with Crippen molar-refractivity contribution in [2.24, 2.45) is 5.92 Å². The molecule has 2 rings (SSSR count). The Balaban J connectivity index is 1.86. The second-order valence-electron chi connectivity index (χ2n) is 5.50. The number of aryl methyl sites for hydroxylation is 1. The molecule has 1 N–H and O–H groups in total. The van der Waals surface area contributed by atoms with E-state index in [4.69, 9.17) is 0 Å². The monoisotopic (exact) mass is 260 g/mol. The first-order valence-corrected chi connectivity index (χ1v) is 7.16. The van der Waals surface area contributed by atoms with Gasteiger partial charge in [-0.15, -0.1) is 0 Å². The van der Waals surface area contributed by atoms with E-state index < -0.39 is 0 Å². The van der Waals surface area contributed by atoms with Crippen molar-refractivity contribution in [3.63, 3.8) is 0 Å². The number of fused-ring (bicyclic) bond motifs is 1. The lowest BCUT2D eigenvalue weighted by Gasteiger charge is -2.26. The number of carbonyl (C=O) groups is 1. The van der Waals surface area contributed by atoms with Crippen molar-refractivity contribution < 1.29 is 4.79 Å². The molecule has 0 aliphatic heterocycles. The first-order valence-electron chi connectivity index (χ1n) is 7.16. The van der Waals surface area contributed by atoms with Crippen LogP contribution in [0.25, 0.3) is 0 Å². The largest absolute Gasteiger partial charge is 0.344 e. The highest BCUT2D eigenvalue weighted by Gasteiger charge is 2.22. The fourth-order valence-electron chi connectivity index (χ4n) is 2.75. The van der Waals surface area contributed by atoms with Crippen LogP contribution >= 0.6 is 0 Å². The molecule has 0 saturated heterocycles. The van der Waals surface area contributed by atoms with Gasteiger partial charge in [-0.25, -0.2) is 0 Å². The Bertz CT molecular complexity index is 431. The molecule has 1 amide bonds. The SMILES string of the molecule is CNCCN(C)C(=O)CC1CCc2ccccc2C1. The van der Waals surface area contributed by atoms with Gasteiger partial charge in [-0.2, -0.15) is 0 Å². The summed E-state index contributed by atoms with van der Waals surface area (Å²) >= 11 is 0. The minimum atomic E-state index is 0.277. The van der Waals surface area contributed by atoms with Crippen LogP contribution < -0.4 is 5.32 Å². The molecule has 1 aromatic carbocycles. The van der Waals surface area contributed by atoms with Crippen LogP contribution in [0.4, 0.5) is 0 Å². The second-order valence-corrected chi connectivity index (χ2v) is 5.50. The molecule has 104 valence electrons. The molecule has 1 atom stereocenters. The van der Waals surface area contributed by atoms with Crippen molar-refractivity contribution in [3.05, 3.63) is 35.4 Å². The quantitative estimate of drug-likeness (QED) is 0.876. The molecule has 0 heterocycles. The van der Waals surface area contributed by atoms with E-state index in [1.165, 1.54) is 11.1 Å². The second kappa shape index (κ2) is 6.71. The lowest BCUT2D eigenvalue weighted by Crippen LogP contribution is -2.34. The molecular formula is C16H24N2O. The molecular weight excluding hydrogens is 236 g/mol. The number of hydrogen-bond donors (Lipinski definition) is 1. The van der Waals surface area contributed by atoms with E-state index in [0.29, 0.717) is 12.3 Å². The average molecular weight is 260 g/mol. The van der Waals surface area contributed by atoms with Gasteiger partial charge < -0.3 is 10.2 Å². The maximum absolute atomic E-state index is 12.1. The summed E-state index contributed by atoms with van der Waals surface area (Å²) in [6, 6.07) is 8.63. The van der Waals surface area contributed by atoms with Crippen LogP contribution in [-0.2, 0) is 17.6 Å². The van der Waals surface area contributed by atoms with Crippen LogP contribution in [0, 0.1) is 5.92 Å². The summed E-state index contributed by atoms with van der Waals surface area (Å²) in [5.41, 5.74) is 2.90. The van der Waals surface area contributed by atoms with E-state index in [1.807, 2.05) is 19.0 Å². The third kappa shape index (κ3) is 3.80. The van der Waals surface area contributed by atoms with Crippen molar-refractivity contribution in [2.45, 2.75) is 25.7 Å². The topological polar surface area (TPSA) is 32.3 Å². The molecule has 1 unspecified atom stereocenters. The molecule has 0 spiro atoms. The molecule has 1 aliphatic carbocycles.